The molecule has 3 rings (SSSR count). The first-order chi connectivity index (χ1) is 12.2. The highest BCUT2D eigenvalue weighted by molar-refractivity contribution is 7.15. The molecule has 0 spiro atoms. The number of ether oxygens (including phenoxy) is 1. The first-order valence-electron chi connectivity index (χ1n) is 8.21. The molecular weight excluding hydrogens is 336 g/mol. The van der Waals surface area contributed by atoms with Crippen LogP contribution in [0.5, 0.6) is 5.75 Å². The van der Waals surface area contributed by atoms with Gasteiger partial charge in [-0.2, -0.15) is 5.26 Å². The van der Waals surface area contributed by atoms with Gasteiger partial charge >= 0.3 is 6.03 Å². The number of hydrogen-bond donors (Lipinski definition) is 1. The second kappa shape index (κ2) is 7.99. The van der Waals surface area contributed by atoms with Gasteiger partial charge in [-0.15, -0.1) is 11.3 Å². The smallest absolute Gasteiger partial charge is 0.317 e. The minimum atomic E-state index is -0.115. The minimum absolute atomic E-state index is 0.0532. The van der Waals surface area contributed by atoms with Crippen LogP contribution < -0.4 is 10.1 Å². The number of nitriles is 1. The van der Waals surface area contributed by atoms with Crippen molar-refractivity contribution in [1.82, 2.24) is 15.2 Å². The maximum Gasteiger partial charge on any atom is 0.317 e. The van der Waals surface area contributed by atoms with Gasteiger partial charge in [0, 0.05) is 29.7 Å². The fourth-order valence-electron chi connectivity index (χ4n) is 2.82. The molecule has 0 radical (unpaired) electrons. The molecule has 0 saturated carbocycles. The van der Waals surface area contributed by atoms with E-state index in [9.17, 15) is 4.79 Å². The van der Waals surface area contributed by atoms with E-state index in [1.54, 1.807) is 29.5 Å². The molecule has 130 valence electrons. The number of hydrogen-bond acceptors (Lipinski definition) is 5. The molecule has 0 bridgehead atoms. The van der Waals surface area contributed by atoms with Crippen LogP contribution in [0.2, 0.25) is 0 Å². The first kappa shape index (κ1) is 17.2. The fourth-order valence-corrected chi connectivity index (χ4v) is 3.67. The molecule has 1 fully saturated rings. The molecule has 1 saturated heterocycles. The van der Waals surface area contributed by atoms with Gasteiger partial charge < -0.3 is 15.0 Å². The number of aromatic nitrogens is 1. The van der Waals surface area contributed by atoms with Gasteiger partial charge in [0.2, 0.25) is 0 Å². The van der Waals surface area contributed by atoms with E-state index >= 15 is 0 Å². The van der Waals surface area contributed by atoms with E-state index in [-0.39, 0.29) is 11.9 Å². The maximum atomic E-state index is 12.3. The number of carbonyl (C=O) groups excluding carboxylic acids is 1. The molecule has 2 heterocycles. The van der Waals surface area contributed by atoms with E-state index in [1.165, 1.54) is 0 Å². The van der Waals surface area contributed by atoms with Crippen molar-refractivity contribution in [2.45, 2.75) is 19.4 Å². The van der Waals surface area contributed by atoms with Gasteiger partial charge in [0.05, 0.1) is 25.6 Å². The Labute approximate surface area is 151 Å². The molecule has 1 aliphatic rings. The summed E-state index contributed by atoms with van der Waals surface area (Å²) in [6.45, 7) is 1.66. The summed E-state index contributed by atoms with van der Waals surface area (Å²) < 4.78 is 5.24. The van der Waals surface area contributed by atoms with E-state index in [0.717, 1.165) is 34.0 Å². The summed E-state index contributed by atoms with van der Waals surface area (Å²) in [5, 5.41) is 12.8. The average molecular weight is 356 g/mol. The molecule has 1 aromatic carbocycles. The highest BCUT2D eigenvalue weighted by Gasteiger charge is 2.23. The van der Waals surface area contributed by atoms with Gasteiger partial charge in [0.25, 0.3) is 0 Å². The molecule has 1 atom stereocenters. The van der Waals surface area contributed by atoms with Crippen LogP contribution in [0.15, 0.2) is 30.5 Å². The summed E-state index contributed by atoms with van der Waals surface area (Å²) in [5.74, 6) is 0.738. The van der Waals surface area contributed by atoms with E-state index < -0.39 is 0 Å². The Balaban J connectivity index is 1.58. The third kappa shape index (κ3) is 4.28. The fraction of sp³-hybridized carbons (Fsp3) is 0.389. The number of carbonyl (C=O) groups is 1. The zero-order valence-corrected chi connectivity index (χ0v) is 14.9. The Bertz CT molecular complexity index is 783. The largest absolute Gasteiger partial charge is 0.497 e. The van der Waals surface area contributed by atoms with Crippen LogP contribution in [-0.2, 0) is 6.54 Å². The van der Waals surface area contributed by atoms with Gasteiger partial charge in [-0.05, 0) is 25.0 Å². The van der Waals surface area contributed by atoms with Crippen molar-refractivity contribution < 1.29 is 9.53 Å². The molecule has 0 unspecified atom stereocenters. The predicted octanol–water partition coefficient (Wildman–Crippen LogP) is 3.26. The van der Waals surface area contributed by atoms with Crippen molar-refractivity contribution in [2.24, 2.45) is 5.92 Å². The van der Waals surface area contributed by atoms with Gasteiger partial charge in [-0.1, -0.05) is 12.1 Å². The Hall–Kier alpha value is -2.59. The second-order valence-corrected chi connectivity index (χ2v) is 7.05. The number of benzene rings is 1. The number of nitrogens with one attached hydrogen (secondary N) is 1. The standard InChI is InChI=1S/C18H20N4O2S/c1-24-15-6-2-5-14(8-15)17-20-10-16(25-17)11-21-18(23)22-7-3-4-13(9-19)12-22/h2,5-6,8,10,13H,3-4,7,11-12H2,1H3,(H,21,23)/t13-/m0/s1. The zero-order chi connectivity index (χ0) is 17.6. The number of thiazole rings is 1. The van der Waals surface area contributed by atoms with Crippen molar-refractivity contribution in [3.63, 3.8) is 0 Å². The van der Waals surface area contributed by atoms with E-state index in [2.05, 4.69) is 16.4 Å². The topological polar surface area (TPSA) is 78.2 Å². The van der Waals surface area contributed by atoms with Crippen molar-refractivity contribution in [2.75, 3.05) is 20.2 Å². The molecule has 7 heteroatoms. The summed E-state index contributed by atoms with van der Waals surface area (Å²) in [6.07, 6.45) is 3.54. The highest BCUT2D eigenvalue weighted by atomic mass is 32.1. The van der Waals surface area contributed by atoms with Crippen molar-refractivity contribution >= 4 is 17.4 Å². The molecule has 1 N–H and O–H groups in total. The molecule has 0 aliphatic carbocycles. The second-order valence-electron chi connectivity index (χ2n) is 5.94. The van der Waals surface area contributed by atoms with Crippen LogP contribution in [-0.4, -0.2) is 36.1 Å². The molecular formula is C18H20N4O2S. The van der Waals surface area contributed by atoms with E-state index in [0.29, 0.717) is 19.6 Å². The van der Waals surface area contributed by atoms with E-state index in [4.69, 9.17) is 10.00 Å². The summed E-state index contributed by atoms with van der Waals surface area (Å²) in [7, 11) is 1.64. The Morgan fingerprint density at radius 2 is 2.44 bits per heavy atom. The predicted molar refractivity (Wildman–Crippen MR) is 96.2 cm³/mol. The Kier molecular flexibility index (Phi) is 5.51. The number of methoxy groups -OCH3 is 1. The summed E-state index contributed by atoms with van der Waals surface area (Å²) in [6, 6.07) is 9.89. The van der Waals surface area contributed by atoms with Crippen LogP contribution >= 0.6 is 11.3 Å². The highest BCUT2D eigenvalue weighted by Crippen LogP contribution is 2.27. The van der Waals surface area contributed by atoms with Crippen molar-refractivity contribution in [1.29, 1.82) is 5.26 Å². The molecule has 1 aliphatic heterocycles. The average Bonchev–Trinajstić information content (AvgIpc) is 3.15. The third-order valence-corrected chi connectivity index (χ3v) is 5.22. The summed E-state index contributed by atoms with van der Waals surface area (Å²) >= 11 is 1.55. The van der Waals surface area contributed by atoms with Gasteiger partial charge in [-0.25, -0.2) is 9.78 Å². The Morgan fingerprint density at radius 3 is 3.24 bits per heavy atom. The SMILES string of the molecule is COc1cccc(-c2ncc(CNC(=O)N3CCC[C@@H](C#N)C3)s2)c1. The number of nitrogens with zero attached hydrogens (tertiary/aromatic N) is 3. The summed E-state index contributed by atoms with van der Waals surface area (Å²) in [4.78, 5) is 19.4. The molecule has 6 nitrogen and oxygen atoms in total. The molecule has 25 heavy (non-hydrogen) atoms. The quantitative estimate of drug-likeness (QED) is 0.912. The van der Waals surface area contributed by atoms with E-state index in [1.807, 2.05) is 24.3 Å². The minimum Gasteiger partial charge on any atom is -0.497 e. The summed E-state index contributed by atoms with van der Waals surface area (Å²) in [5.41, 5.74) is 0.995. The number of likely N-dealkylation sites (tertiary alicyclic amines) is 1. The van der Waals surface area contributed by atoms with Gasteiger partial charge in [0.1, 0.15) is 10.8 Å². The number of rotatable bonds is 4. The maximum absolute atomic E-state index is 12.3. The van der Waals surface area contributed by atoms with Crippen LogP contribution in [0.4, 0.5) is 4.79 Å². The van der Waals surface area contributed by atoms with Crippen LogP contribution in [0.3, 0.4) is 0 Å². The van der Waals surface area contributed by atoms with Crippen LogP contribution in [0.25, 0.3) is 10.6 Å². The van der Waals surface area contributed by atoms with Crippen molar-refractivity contribution in [3.05, 3.63) is 35.3 Å². The Morgan fingerprint density at radius 1 is 1.56 bits per heavy atom. The lowest BCUT2D eigenvalue weighted by Gasteiger charge is -2.29. The number of piperidine rings is 1. The lowest BCUT2D eigenvalue weighted by molar-refractivity contribution is 0.176. The molecule has 1 aromatic heterocycles. The van der Waals surface area contributed by atoms with Crippen LogP contribution in [0.1, 0.15) is 17.7 Å². The normalized spacial score (nSPS) is 17.0. The molecule has 2 amide bonds. The van der Waals surface area contributed by atoms with Crippen molar-refractivity contribution in [3.8, 4) is 22.4 Å². The number of urea groups is 1. The lowest BCUT2D eigenvalue weighted by atomic mass is 10.0. The van der Waals surface area contributed by atoms with Gasteiger partial charge in [0.15, 0.2) is 0 Å². The number of amides is 2. The first-order valence-corrected chi connectivity index (χ1v) is 9.03. The lowest BCUT2D eigenvalue weighted by Crippen LogP contribution is -2.44. The third-order valence-electron chi connectivity index (χ3n) is 4.18. The zero-order valence-electron chi connectivity index (χ0n) is 14.1. The van der Waals surface area contributed by atoms with Gasteiger partial charge in [-0.3, -0.25) is 0 Å². The monoisotopic (exact) mass is 356 g/mol. The van der Waals surface area contributed by atoms with Crippen LogP contribution in [0, 0.1) is 17.2 Å². The molecule has 2 aromatic rings.